The highest BCUT2D eigenvalue weighted by Gasteiger charge is 2.42. The number of unbranched alkanes of at least 4 members (excludes halogenated alkanes) is 5. The number of ether oxygens (including phenoxy) is 2. The Hall–Kier alpha value is -2.87. The normalized spacial score (nSPS) is 11.3. The monoisotopic (exact) mass is 479 g/mol. The van der Waals surface area contributed by atoms with E-state index in [1.165, 1.54) is 31.2 Å². The lowest BCUT2D eigenvalue weighted by atomic mass is 10.1. The zero-order valence-corrected chi connectivity index (χ0v) is 19.2. The molecule has 0 aliphatic rings. The van der Waals surface area contributed by atoms with E-state index in [-0.39, 0.29) is 13.0 Å². The molecule has 0 aliphatic carbocycles. The molecule has 0 amide bonds. The molecule has 0 unspecified atom stereocenters. The van der Waals surface area contributed by atoms with E-state index in [4.69, 9.17) is 4.74 Å². The van der Waals surface area contributed by atoms with Gasteiger partial charge in [-0.2, -0.15) is 13.2 Å². The highest BCUT2D eigenvalue weighted by atomic mass is 19.4. The molecule has 0 radical (unpaired) electrons. The number of benzene rings is 2. The molecule has 1 N–H and O–H groups in total. The van der Waals surface area contributed by atoms with Crippen LogP contribution in [0, 0.1) is 0 Å². The third kappa shape index (κ3) is 11.8. The van der Waals surface area contributed by atoms with E-state index in [0.29, 0.717) is 13.2 Å². The smallest absolute Gasteiger partial charge is 0.491 e. The van der Waals surface area contributed by atoms with E-state index in [1.54, 1.807) is 0 Å². The summed E-state index contributed by atoms with van der Waals surface area (Å²) in [6, 6.07) is 18.0. The Morgan fingerprint density at radius 1 is 0.794 bits per heavy atom. The van der Waals surface area contributed by atoms with Crippen molar-refractivity contribution in [1.29, 1.82) is 0 Å². The van der Waals surface area contributed by atoms with Crippen LogP contribution in [0.5, 0.6) is 5.75 Å². The predicted octanol–water partition coefficient (Wildman–Crippen LogP) is 5.76. The highest BCUT2D eigenvalue weighted by molar-refractivity contribution is 5.88. The molecule has 0 aromatic heterocycles. The number of carbonyl (C=O) groups excluding carboxylic acids is 2. The Kier molecular flexibility index (Phi) is 12.2. The molecular weight excluding hydrogens is 447 g/mol. The first kappa shape index (κ1) is 27.4. The van der Waals surface area contributed by atoms with Gasteiger partial charge in [0.25, 0.3) is 0 Å². The van der Waals surface area contributed by atoms with Crippen molar-refractivity contribution in [2.24, 2.45) is 0 Å². The Morgan fingerprint density at radius 3 is 2.12 bits per heavy atom. The molecule has 0 saturated carbocycles. The molecule has 5 nitrogen and oxygen atoms in total. The molecule has 0 fully saturated rings. The largest absolute Gasteiger partial charge is 0.494 e. The van der Waals surface area contributed by atoms with Crippen LogP contribution < -0.4 is 10.1 Å². The van der Waals surface area contributed by atoms with E-state index in [9.17, 15) is 22.8 Å². The second-order valence-electron chi connectivity index (χ2n) is 8.04. The molecule has 0 saturated heterocycles. The van der Waals surface area contributed by atoms with Gasteiger partial charge in [-0.3, -0.25) is 4.79 Å². The highest BCUT2D eigenvalue weighted by Crippen LogP contribution is 2.17. The maximum absolute atomic E-state index is 12.0. The van der Waals surface area contributed by atoms with Gasteiger partial charge in [0, 0.05) is 13.1 Å². The van der Waals surface area contributed by atoms with Gasteiger partial charge in [-0.1, -0.05) is 68.1 Å². The average molecular weight is 480 g/mol. The molecule has 8 heteroatoms. The van der Waals surface area contributed by atoms with Gasteiger partial charge in [-0.15, -0.1) is 0 Å². The van der Waals surface area contributed by atoms with Gasteiger partial charge in [0.1, 0.15) is 5.75 Å². The summed E-state index contributed by atoms with van der Waals surface area (Å²) in [4.78, 5) is 21.8. The minimum atomic E-state index is -5.17. The number of hydrogen-bond acceptors (Lipinski definition) is 5. The quantitative estimate of drug-likeness (QED) is 0.200. The van der Waals surface area contributed by atoms with E-state index in [0.717, 1.165) is 30.6 Å². The Bertz CT molecular complexity index is 855. The number of rotatable bonds is 15. The zero-order chi connectivity index (χ0) is 24.7. The second kappa shape index (κ2) is 15.1. The Labute approximate surface area is 198 Å². The van der Waals surface area contributed by atoms with Crippen LogP contribution >= 0.6 is 0 Å². The molecule has 0 bridgehead atoms. The van der Waals surface area contributed by atoms with Gasteiger partial charge in [-0.05, 0) is 42.5 Å². The summed E-state index contributed by atoms with van der Waals surface area (Å²) in [7, 11) is 0. The molecule has 0 spiro atoms. The molecule has 0 atom stereocenters. The standard InChI is InChI=1S/C26H32F3NO4/c27-26(28,29)25(32)34-24(31)17-18-30-20-22-13-15-23(16-14-22)33-19-9-4-2-1-3-6-10-21-11-7-5-8-12-21/h5,7-8,11-16,30H,1-4,6,9-10,17-20H2. The third-order valence-electron chi connectivity index (χ3n) is 5.17. The molecule has 186 valence electrons. The van der Waals surface area contributed by atoms with Crippen molar-refractivity contribution in [2.75, 3.05) is 13.2 Å². The number of aryl methyl sites for hydroxylation is 1. The van der Waals surface area contributed by atoms with Crippen LogP contribution in [-0.4, -0.2) is 31.3 Å². The molecular formula is C26H32F3NO4. The van der Waals surface area contributed by atoms with Crippen LogP contribution in [0.25, 0.3) is 0 Å². The number of hydrogen-bond donors (Lipinski definition) is 1. The first-order valence-corrected chi connectivity index (χ1v) is 11.6. The number of alkyl halides is 3. The SMILES string of the molecule is O=C(CCNCc1ccc(OCCCCCCCCc2ccccc2)cc1)OC(=O)C(F)(F)F. The zero-order valence-electron chi connectivity index (χ0n) is 19.2. The second-order valence-corrected chi connectivity index (χ2v) is 8.04. The van der Waals surface area contributed by atoms with Gasteiger partial charge < -0.3 is 14.8 Å². The molecule has 0 heterocycles. The molecule has 2 aromatic rings. The fraction of sp³-hybridized carbons (Fsp3) is 0.462. The van der Waals surface area contributed by atoms with Crippen molar-refractivity contribution in [1.82, 2.24) is 5.32 Å². The van der Waals surface area contributed by atoms with Gasteiger partial charge in [-0.25, -0.2) is 4.79 Å². The molecule has 34 heavy (non-hydrogen) atoms. The van der Waals surface area contributed by atoms with Gasteiger partial charge in [0.2, 0.25) is 0 Å². The van der Waals surface area contributed by atoms with Crippen molar-refractivity contribution >= 4 is 11.9 Å². The van der Waals surface area contributed by atoms with Crippen molar-refractivity contribution in [3.05, 3.63) is 65.7 Å². The Morgan fingerprint density at radius 2 is 1.44 bits per heavy atom. The van der Waals surface area contributed by atoms with Gasteiger partial charge in [0.05, 0.1) is 13.0 Å². The lowest BCUT2D eigenvalue weighted by Gasteiger charge is -2.09. The van der Waals surface area contributed by atoms with E-state index >= 15 is 0 Å². The first-order chi connectivity index (χ1) is 16.3. The van der Waals surface area contributed by atoms with Crippen molar-refractivity contribution in [3.63, 3.8) is 0 Å². The van der Waals surface area contributed by atoms with Crippen molar-refractivity contribution in [3.8, 4) is 5.75 Å². The summed E-state index contributed by atoms with van der Waals surface area (Å²) in [5.41, 5.74) is 2.34. The van der Waals surface area contributed by atoms with Crippen molar-refractivity contribution in [2.45, 2.75) is 64.1 Å². The number of halogens is 3. The summed E-state index contributed by atoms with van der Waals surface area (Å²) in [5.74, 6) is -2.93. The topological polar surface area (TPSA) is 64.6 Å². The number of nitrogens with one attached hydrogen (secondary N) is 1. The summed E-state index contributed by atoms with van der Waals surface area (Å²) in [5, 5.41) is 2.92. The minimum Gasteiger partial charge on any atom is -0.494 e. The molecule has 2 aromatic carbocycles. The van der Waals surface area contributed by atoms with Crippen LogP contribution in [0.3, 0.4) is 0 Å². The third-order valence-corrected chi connectivity index (χ3v) is 5.17. The van der Waals surface area contributed by atoms with E-state index in [2.05, 4.69) is 34.3 Å². The van der Waals surface area contributed by atoms with Crippen LogP contribution in [0.2, 0.25) is 0 Å². The Balaban J connectivity index is 1.47. The van der Waals surface area contributed by atoms with Crippen LogP contribution in [0.1, 0.15) is 56.1 Å². The summed E-state index contributed by atoms with van der Waals surface area (Å²) >= 11 is 0. The van der Waals surface area contributed by atoms with Crippen LogP contribution in [0.4, 0.5) is 13.2 Å². The van der Waals surface area contributed by atoms with Crippen LogP contribution in [0.15, 0.2) is 54.6 Å². The maximum Gasteiger partial charge on any atom is 0.491 e. The fourth-order valence-corrected chi connectivity index (χ4v) is 3.31. The summed E-state index contributed by atoms with van der Waals surface area (Å²) in [6.45, 7) is 1.18. The predicted molar refractivity (Wildman–Crippen MR) is 123 cm³/mol. The minimum absolute atomic E-state index is 0.0917. The van der Waals surface area contributed by atoms with Crippen LogP contribution in [-0.2, 0) is 27.3 Å². The lowest BCUT2D eigenvalue weighted by Crippen LogP contribution is -2.29. The van der Waals surface area contributed by atoms with Crippen molar-refractivity contribution < 1.29 is 32.2 Å². The summed E-state index contributed by atoms with van der Waals surface area (Å²) < 4.78 is 45.5. The maximum atomic E-state index is 12.0. The summed E-state index contributed by atoms with van der Waals surface area (Å²) in [6.07, 6.45) is 2.71. The number of esters is 2. The van der Waals surface area contributed by atoms with E-state index < -0.39 is 18.1 Å². The van der Waals surface area contributed by atoms with Gasteiger partial charge in [0.15, 0.2) is 0 Å². The van der Waals surface area contributed by atoms with Gasteiger partial charge >= 0.3 is 18.1 Å². The molecule has 2 rings (SSSR count). The number of carbonyl (C=O) groups is 2. The lowest BCUT2D eigenvalue weighted by molar-refractivity contribution is -0.201. The fourth-order valence-electron chi connectivity index (χ4n) is 3.31. The molecule has 0 aliphatic heterocycles. The average Bonchev–Trinajstić information content (AvgIpc) is 2.81. The van der Waals surface area contributed by atoms with E-state index in [1.807, 2.05) is 30.3 Å². The first-order valence-electron chi connectivity index (χ1n) is 11.6.